The highest BCUT2D eigenvalue weighted by atomic mass is 16.2. The molecule has 3 heterocycles. The second-order valence-corrected chi connectivity index (χ2v) is 10.1. The van der Waals surface area contributed by atoms with E-state index in [1.165, 1.54) is 43.4 Å². The van der Waals surface area contributed by atoms with Crippen LogP contribution in [0.15, 0.2) is 60.7 Å². The second-order valence-electron chi connectivity index (χ2n) is 10.1. The van der Waals surface area contributed by atoms with Crippen LogP contribution in [0, 0.1) is 0 Å². The molecule has 0 radical (unpaired) electrons. The Morgan fingerprint density at radius 2 is 1.39 bits per heavy atom. The van der Waals surface area contributed by atoms with Crippen LogP contribution in [0.1, 0.15) is 49.8 Å². The zero-order valence-electron chi connectivity index (χ0n) is 19.9. The van der Waals surface area contributed by atoms with Gasteiger partial charge in [0.1, 0.15) is 0 Å². The third-order valence-electron chi connectivity index (χ3n) is 8.04. The Balaban J connectivity index is 1.18. The van der Waals surface area contributed by atoms with E-state index in [9.17, 15) is 4.79 Å². The fourth-order valence-corrected chi connectivity index (χ4v) is 6.23. The molecular weight excluding hydrogens is 408 g/mol. The number of hydrogen-bond acceptors (Lipinski definition) is 4. The van der Waals surface area contributed by atoms with Crippen LogP contribution in [0.25, 0.3) is 0 Å². The summed E-state index contributed by atoms with van der Waals surface area (Å²) in [7, 11) is 0. The lowest BCUT2D eigenvalue weighted by Crippen LogP contribution is -2.53. The highest BCUT2D eigenvalue weighted by molar-refractivity contribution is 5.73. The first-order valence-corrected chi connectivity index (χ1v) is 12.8. The van der Waals surface area contributed by atoms with Crippen molar-refractivity contribution in [3.63, 3.8) is 0 Å². The monoisotopic (exact) mass is 446 g/mol. The summed E-state index contributed by atoms with van der Waals surface area (Å²) in [6.45, 7) is 7.79. The lowest BCUT2D eigenvalue weighted by atomic mass is 9.93. The molecule has 33 heavy (non-hydrogen) atoms. The standard InChI is InChI=1S/C28H38N4O/c1-22(33)31-17-14-30(15-18-31)16-19-32-26-12-13-27(32)21-25(20-26)29-28(23-8-4-2-5-9-23)24-10-6-3-7-11-24/h2-11,25-29H,12-21H2,1H3. The average molecular weight is 447 g/mol. The second kappa shape index (κ2) is 10.4. The van der Waals surface area contributed by atoms with Crippen molar-refractivity contribution in [1.29, 1.82) is 0 Å². The van der Waals surface area contributed by atoms with Crippen LogP contribution in [0.4, 0.5) is 0 Å². The third-order valence-corrected chi connectivity index (χ3v) is 8.04. The van der Waals surface area contributed by atoms with E-state index in [1.54, 1.807) is 6.92 Å². The van der Waals surface area contributed by atoms with Crippen LogP contribution in [0.3, 0.4) is 0 Å². The Morgan fingerprint density at radius 1 is 0.848 bits per heavy atom. The number of carbonyl (C=O) groups is 1. The summed E-state index contributed by atoms with van der Waals surface area (Å²) >= 11 is 0. The summed E-state index contributed by atoms with van der Waals surface area (Å²) in [5, 5.41) is 4.06. The molecule has 2 unspecified atom stereocenters. The van der Waals surface area contributed by atoms with Gasteiger partial charge < -0.3 is 10.2 Å². The summed E-state index contributed by atoms with van der Waals surface area (Å²) < 4.78 is 0. The largest absolute Gasteiger partial charge is 0.340 e. The maximum absolute atomic E-state index is 11.6. The third kappa shape index (κ3) is 5.32. The highest BCUT2D eigenvalue weighted by Crippen LogP contribution is 2.37. The smallest absolute Gasteiger partial charge is 0.219 e. The van der Waals surface area contributed by atoms with E-state index in [4.69, 9.17) is 0 Å². The summed E-state index contributed by atoms with van der Waals surface area (Å²) in [6, 6.07) is 24.0. The molecule has 2 atom stereocenters. The van der Waals surface area contributed by atoms with Crippen LogP contribution < -0.4 is 5.32 Å². The summed E-state index contributed by atoms with van der Waals surface area (Å²) in [5.41, 5.74) is 2.70. The van der Waals surface area contributed by atoms with E-state index >= 15 is 0 Å². The number of hydrogen-bond donors (Lipinski definition) is 1. The molecule has 2 aromatic rings. The molecule has 3 saturated heterocycles. The zero-order chi connectivity index (χ0) is 22.6. The van der Waals surface area contributed by atoms with Gasteiger partial charge in [-0.25, -0.2) is 0 Å². The van der Waals surface area contributed by atoms with Crippen LogP contribution >= 0.6 is 0 Å². The van der Waals surface area contributed by atoms with Gasteiger partial charge >= 0.3 is 0 Å². The summed E-state index contributed by atoms with van der Waals surface area (Å²) in [4.78, 5) is 18.9. The van der Waals surface area contributed by atoms with E-state index in [0.29, 0.717) is 18.1 Å². The number of piperazine rings is 1. The van der Waals surface area contributed by atoms with Crippen molar-refractivity contribution in [2.45, 2.75) is 56.8 Å². The van der Waals surface area contributed by atoms with Gasteiger partial charge in [0, 0.05) is 64.3 Å². The van der Waals surface area contributed by atoms with Crippen LogP contribution in [-0.2, 0) is 4.79 Å². The molecule has 5 heteroatoms. The number of benzene rings is 2. The molecule has 0 spiro atoms. The SMILES string of the molecule is CC(=O)N1CCN(CCN2C3CCC2CC(NC(c2ccccc2)c2ccccc2)C3)CC1. The van der Waals surface area contributed by atoms with Gasteiger partial charge in [-0.1, -0.05) is 60.7 Å². The molecule has 3 aliphatic rings. The lowest BCUT2D eigenvalue weighted by molar-refractivity contribution is -0.130. The normalized spacial score (nSPS) is 26.1. The summed E-state index contributed by atoms with van der Waals surface area (Å²) in [6.07, 6.45) is 5.15. The molecule has 5 nitrogen and oxygen atoms in total. The Bertz CT molecular complexity index is 843. The van der Waals surface area contributed by atoms with Gasteiger partial charge in [0.25, 0.3) is 0 Å². The predicted molar refractivity (Wildman–Crippen MR) is 133 cm³/mol. The van der Waals surface area contributed by atoms with E-state index < -0.39 is 0 Å². The number of nitrogens with one attached hydrogen (secondary N) is 1. The number of fused-ring (bicyclic) bond motifs is 2. The fraction of sp³-hybridized carbons (Fsp3) is 0.536. The van der Waals surface area contributed by atoms with Gasteiger partial charge in [-0.2, -0.15) is 0 Å². The molecule has 2 bridgehead atoms. The quantitative estimate of drug-likeness (QED) is 0.706. The minimum absolute atomic E-state index is 0.214. The molecule has 0 aromatic heterocycles. The van der Waals surface area contributed by atoms with Crippen molar-refractivity contribution in [2.75, 3.05) is 39.3 Å². The zero-order valence-corrected chi connectivity index (χ0v) is 19.9. The number of nitrogens with zero attached hydrogens (tertiary/aromatic N) is 3. The number of piperidine rings is 1. The van der Waals surface area contributed by atoms with Crippen LogP contribution in [0.2, 0.25) is 0 Å². The molecule has 1 amide bonds. The van der Waals surface area contributed by atoms with Crippen LogP contribution in [0.5, 0.6) is 0 Å². The Kier molecular flexibility index (Phi) is 7.10. The Hall–Kier alpha value is -2.21. The van der Waals surface area contributed by atoms with E-state index in [0.717, 1.165) is 32.7 Å². The van der Waals surface area contributed by atoms with Crippen molar-refractivity contribution in [2.24, 2.45) is 0 Å². The Labute approximate surface area is 198 Å². The topological polar surface area (TPSA) is 38.8 Å². The maximum atomic E-state index is 11.6. The summed E-state index contributed by atoms with van der Waals surface area (Å²) in [5.74, 6) is 0.214. The molecule has 0 aliphatic carbocycles. The average Bonchev–Trinajstić information content (AvgIpc) is 3.10. The minimum atomic E-state index is 0.214. The molecule has 2 aromatic carbocycles. The van der Waals surface area contributed by atoms with E-state index in [-0.39, 0.29) is 11.9 Å². The Morgan fingerprint density at radius 3 is 1.91 bits per heavy atom. The maximum Gasteiger partial charge on any atom is 0.219 e. The van der Waals surface area contributed by atoms with Crippen molar-refractivity contribution in [1.82, 2.24) is 20.0 Å². The molecule has 0 saturated carbocycles. The molecule has 5 rings (SSSR count). The number of rotatable bonds is 7. The number of amides is 1. The van der Waals surface area contributed by atoms with Gasteiger partial charge in [-0.05, 0) is 36.8 Å². The molecule has 176 valence electrons. The van der Waals surface area contributed by atoms with Gasteiger partial charge in [-0.15, -0.1) is 0 Å². The van der Waals surface area contributed by atoms with Gasteiger partial charge in [0.2, 0.25) is 5.91 Å². The molecule has 1 N–H and O–H groups in total. The van der Waals surface area contributed by atoms with Crippen molar-refractivity contribution < 1.29 is 4.79 Å². The highest BCUT2D eigenvalue weighted by Gasteiger charge is 2.41. The predicted octanol–water partition coefficient (Wildman–Crippen LogP) is 3.53. The molecule has 3 fully saturated rings. The molecular formula is C28H38N4O. The number of carbonyl (C=O) groups excluding carboxylic acids is 1. The van der Waals surface area contributed by atoms with Gasteiger partial charge in [0.05, 0.1) is 6.04 Å². The first-order valence-electron chi connectivity index (χ1n) is 12.8. The first kappa shape index (κ1) is 22.6. The van der Waals surface area contributed by atoms with E-state index in [2.05, 4.69) is 75.8 Å². The van der Waals surface area contributed by atoms with E-state index in [1.807, 2.05) is 4.90 Å². The molecule has 3 aliphatic heterocycles. The lowest BCUT2D eigenvalue weighted by Gasteiger charge is -2.42. The fourth-order valence-electron chi connectivity index (χ4n) is 6.23. The van der Waals surface area contributed by atoms with Crippen molar-refractivity contribution >= 4 is 5.91 Å². The first-order chi connectivity index (χ1) is 16.2. The minimum Gasteiger partial charge on any atom is -0.340 e. The van der Waals surface area contributed by atoms with Gasteiger partial charge in [0.15, 0.2) is 0 Å². The van der Waals surface area contributed by atoms with Crippen LogP contribution in [-0.4, -0.2) is 78.0 Å². The van der Waals surface area contributed by atoms with Gasteiger partial charge in [-0.3, -0.25) is 14.6 Å². The van der Waals surface area contributed by atoms with Crippen molar-refractivity contribution in [3.05, 3.63) is 71.8 Å². The van der Waals surface area contributed by atoms with Crippen molar-refractivity contribution in [3.8, 4) is 0 Å².